The molecular weight excluding hydrogens is 258 g/mol. The highest BCUT2D eigenvalue weighted by atomic mass is 16.6. The Hall–Kier alpha value is -2.04. The van der Waals surface area contributed by atoms with Gasteiger partial charge < -0.3 is 9.84 Å². The minimum atomic E-state index is -0.994. The quantitative estimate of drug-likeness (QED) is 0.900. The molecule has 1 aliphatic carbocycles. The van der Waals surface area contributed by atoms with Crippen molar-refractivity contribution in [2.24, 2.45) is 0 Å². The fourth-order valence-corrected chi connectivity index (χ4v) is 3.09. The number of carboxylic acids is 1. The van der Waals surface area contributed by atoms with E-state index in [9.17, 15) is 9.59 Å². The second-order valence-electron chi connectivity index (χ2n) is 5.55. The molecule has 5 heteroatoms. The summed E-state index contributed by atoms with van der Waals surface area (Å²) in [6.45, 7) is 0.523. The van der Waals surface area contributed by atoms with Crippen molar-refractivity contribution in [3.05, 3.63) is 29.8 Å². The number of carboxylic acid groups (broad SMARTS) is 1. The van der Waals surface area contributed by atoms with Crippen LogP contribution in [0.1, 0.15) is 42.5 Å². The van der Waals surface area contributed by atoms with Crippen molar-refractivity contribution in [3.63, 3.8) is 0 Å². The van der Waals surface area contributed by atoms with Crippen molar-refractivity contribution in [3.8, 4) is 0 Å². The molecule has 1 saturated carbocycles. The van der Waals surface area contributed by atoms with Gasteiger partial charge in [0.05, 0.1) is 12.1 Å². The van der Waals surface area contributed by atoms with Gasteiger partial charge in [-0.15, -0.1) is 0 Å². The Morgan fingerprint density at radius 1 is 1.25 bits per heavy atom. The Morgan fingerprint density at radius 3 is 2.70 bits per heavy atom. The number of aromatic carboxylic acids is 1. The highest BCUT2D eigenvalue weighted by Gasteiger charge is 2.46. The van der Waals surface area contributed by atoms with E-state index in [1.54, 1.807) is 17.0 Å². The van der Waals surface area contributed by atoms with E-state index in [-0.39, 0.29) is 17.3 Å². The number of carbonyl (C=O) groups is 2. The fourth-order valence-electron chi connectivity index (χ4n) is 3.09. The Labute approximate surface area is 117 Å². The van der Waals surface area contributed by atoms with Crippen LogP contribution in [-0.4, -0.2) is 29.3 Å². The topological polar surface area (TPSA) is 66.8 Å². The summed E-state index contributed by atoms with van der Waals surface area (Å²) in [6.07, 6.45) is 4.77. The van der Waals surface area contributed by atoms with Crippen LogP contribution in [0.15, 0.2) is 24.3 Å². The normalized spacial score (nSPS) is 21.0. The third-order valence-corrected chi connectivity index (χ3v) is 4.14. The summed E-state index contributed by atoms with van der Waals surface area (Å²) < 4.78 is 5.60. The predicted molar refractivity (Wildman–Crippen MR) is 73.0 cm³/mol. The first kappa shape index (κ1) is 13.0. The van der Waals surface area contributed by atoms with E-state index in [0.717, 1.165) is 25.7 Å². The van der Waals surface area contributed by atoms with Gasteiger partial charge in [0.2, 0.25) is 0 Å². The summed E-state index contributed by atoms with van der Waals surface area (Å²) in [6, 6.07) is 6.43. The summed E-state index contributed by atoms with van der Waals surface area (Å²) in [4.78, 5) is 24.6. The van der Waals surface area contributed by atoms with Crippen molar-refractivity contribution < 1.29 is 19.4 Å². The van der Waals surface area contributed by atoms with Gasteiger partial charge in [-0.05, 0) is 43.9 Å². The summed E-state index contributed by atoms with van der Waals surface area (Å²) >= 11 is 0. The molecule has 1 spiro atoms. The van der Waals surface area contributed by atoms with Crippen molar-refractivity contribution >= 4 is 17.7 Å². The van der Waals surface area contributed by atoms with E-state index in [0.29, 0.717) is 12.2 Å². The minimum absolute atomic E-state index is 0.180. The zero-order valence-corrected chi connectivity index (χ0v) is 11.2. The molecule has 3 rings (SSSR count). The molecule has 1 aromatic rings. The van der Waals surface area contributed by atoms with Gasteiger partial charge in [-0.2, -0.15) is 0 Å². The number of anilines is 1. The maximum Gasteiger partial charge on any atom is 0.415 e. The third-order valence-electron chi connectivity index (χ3n) is 4.14. The van der Waals surface area contributed by atoms with E-state index < -0.39 is 5.97 Å². The Balaban J connectivity index is 1.85. The molecule has 0 unspecified atom stereocenters. The van der Waals surface area contributed by atoms with Crippen LogP contribution in [0.25, 0.3) is 0 Å². The van der Waals surface area contributed by atoms with E-state index >= 15 is 0 Å². The molecule has 0 aromatic heterocycles. The number of ether oxygens (including phenoxy) is 1. The Kier molecular flexibility index (Phi) is 3.12. The lowest BCUT2D eigenvalue weighted by Gasteiger charge is -2.30. The first-order valence-corrected chi connectivity index (χ1v) is 6.94. The van der Waals surface area contributed by atoms with Crippen molar-refractivity contribution in [2.45, 2.75) is 37.7 Å². The summed E-state index contributed by atoms with van der Waals surface area (Å²) in [5.74, 6) is -0.994. The SMILES string of the molecule is O=C(O)c1cccc(N2CC3(CCCCC3)OC2=O)c1. The third kappa shape index (κ3) is 2.24. The average Bonchev–Trinajstić information content (AvgIpc) is 2.76. The Morgan fingerprint density at radius 2 is 2.00 bits per heavy atom. The minimum Gasteiger partial charge on any atom is -0.478 e. The van der Waals surface area contributed by atoms with E-state index in [1.165, 1.54) is 18.6 Å². The van der Waals surface area contributed by atoms with E-state index in [1.807, 2.05) is 0 Å². The van der Waals surface area contributed by atoms with Gasteiger partial charge in [-0.3, -0.25) is 4.90 Å². The molecule has 20 heavy (non-hydrogen) atoms. The second kappa shape index (κ2) is 4.81. The predicted octanol–water partition coefficient (Wildman–Crippen LogP) is 3.04. The summed E-state index contributed by atoms with van der Waals surface area (Å²) in [7, 11) is 0. The first-order valence-electron chi connectivity index (χ1n) is 6.94. The second-order valence-corrected chi connectivity index (χ2v) is 5.55. The van der Waals surface area contributed by atoms with Crippen LogP contribution in [0.5, 0.6) is 0 Å². The summed E-state index contributed by atoms with van der Waals surface area (Å²) in [5, 5.41) is 9.03. The number of amides is 1. The molecular formula is C15H17NO4. The molecule has 1 aromatic carbocycles. The van der Waals surface area contributed by atoms with Crippen molar-refractivity contribution in [2.75, 3.05) is 11.4 Å². The summed E-state index contributed by atoms with van der Waals surface area (Å²) in [5.41, 5.74) is 0.409. The van der Waals surface area contributed by atoms with E-state index in [4.69, 9.17) is 9.84 Å². The van der Waals surface area contributed by atoms with Gasteiger partial charge in [0, 0.05) is 5.69 Å². The standard InChI is InChI=1S/C15H17NO4/c17-13(18)11-5-4-6-12(9-11)16-10-15(20-14(16)19)7-2-1-3-8-15/h4-6,9H,1-3,7-8,10H2,(H,17,18). The van der Waals surface area contributed by atoms with Crippen LogP contribution < -0.4 is 4.90 Å². The van der Waals surface area contributed by atoms with Gasteiger partial charge in [0.25, 0.3) is 0 Å². The molecule has 2 fully saturated rings. The molecule has 1 amide bonds. The lowest BCUT2D eigenvalue weighted by molar-refractivity contribution is 0.0260. The lowest BCUT2D eigenvalue weighted by atomic mass is 9.85. The number of benzene rings is 1. The fraction of sp³-hybridized carbons (Fsp3) is 0.467. The smallest absolute Gasteiger partial charge is 0.415 e. The van der Waals surface area contributed by atoms with Crippen molar-refractivity contribution in [1.29, 1.82) is 0 Å². The highest BCUT2D eigenvalue weighted by Crippen LogP contribution is 2.38. The maximum absolute atomic E-state index is 12.1. The molecule has 0 radical (unpaired) electrons. The van der Waals surface area contributed by atoms with Crippen LogP contribution in [0.3, 0.4) is 0 Å². The van der Waals surface area contributed by atoms with Gasteiger partial charge in [-0.25, -0.2) is 9.59 Å². The van der Waals surface area contributed by atoms with Crippen LogP contribution in [0.2, 0.25) is 0 Å². The number of rotatable bonds is 2. The zero-order valence-electron chi connectivity index (χ0n) is 11.2. The number of hydrogen-bond acceptors (Lipinski definition) is 3. The Bertz CT molecular complexity index is 549. The van der Waals surface area contributed by atoms with Crippen molar-refractivity contribution in [1.82, 2.24) is 0 Å². The maximum atomic E-state index is 12.1. The molecule has 1 N–H and O–H groups in total. The largest absolute Gasteiger partial charge is 0.478 e. The monoisotopic (exact) mass is 275 g/mol. The number of nitrogens with zero attached hydrogens (tertiary/aromatic N) is 1. The molecule has 2 aliphatic rings. The van der Waals surface area contributed by atoms with Gasteiger partial charge in [0.1, 0.15) is 5.60 Å². The van der Waals surface area contributed by atoms with Crippen LogP contribution in [0, 0.1) is 0 Å². The highest BCUT2D eigenvalue weighted by molar-refractivity contribution is 5.93. The number of carbonyl (C=O) groups excluding carboxylic acids is 1. The lowest BCUT2D eigenvalue weighted by Crippen LogP contribution is -2.36. The first-order chi connectivity index (χ1) is 9.60. The molecule has 106 valence electrons. The van der Waals surface area contributed by atoms with Crippen LogP contribution in [0.4, 0.5) is 10.5 Å². The molecule has 1 heterocycles. The van der Waals surface area contributed by atoms with Crippen LogP contribution >= 0.6 is 0 Å². The van der Waals surface area contributed by atoms with E-state index in [2.05, 4.69) is 0 Å². The van der Waals surface area contributed by atoms with Crippen LogP contribution in [-0.2, 0) is 4.74 Å². The molecule has 0 atom stereocenters. The average molecular weight is 275 g/mol. The molecule has 5 nitrogen and oxygen atoms in total. The number of hydrogen-bond donors (Lipinski definition) is 1. The molecule has 1 aliphatic heterocycles. The van der Waals surface area contributed by atoms with Gasteiger partial charge in [0.15, 0.2) is 0 Å². The van der Waals surface area contributed by atoms with Gasteiger partial charge in [-0.1, -0.05) is 12.5 Å². The molecule has 0 bridgehead atoms. The van der Waals surface area contributed by atoms with Gasteiger partial charge >= 0.3 is 12.1 Å². The zero-order chi connectivity index (χ0) is 14.2. The molecule has 1 saturated heterocycles.